The van der Waals surface area contributed by atoms with Crippen molar-refractivity contribution in [1.29, 1.82) is 0 Å². The fraction of sp³-hybridized carbons (Fsp3) is 0.444. The first-order chi connectivity index (χ1) is 12.5. The molecular weight excluding hydrogens is 340 g/mol. The van der Waals surface area contributed by atoms with Gasteiger partial charge in [0.15, 0.2) is 0 Å². The third kappa shape index (κ3) is 4.57. The van der Waals surface area contributed by atoms with Crippen molar-refractivity contribution in [3.05, 3.63) is 42.2 Å². The van der Waals surface area contributed by atoms with E-state index in [-0.39, 0.29) is 12.6 Å². The number of hydrogen-bond acceptors (Lipinski definition) is 3. The average molecular weight is 363 g/mol. The minimum atomic E-state index is -2.35. The topological polar surface area (TPSA) is 53.4 Å². The third-order valence-electron chi connectivity index (χ3n) is 4.43. The highest BCUT2D eigenvalue weighted by atomic mass is 19.3. The Balaban J connectivity index is 1.62. The Labute approximate surface area is 151 Å². The van der Waals surface area contributed by atoms with Crippen molar-refractivity contribution in [1.82, 2.24) is 19.6 Å². The fourth-order valence-electron chi connectivity index (χ4n) is 3.04. The Morgan fingerprint density at radius 1 is 1.19 bits per heavy atom. The number of para-hydroxylation sites is 1. The average Bonchev–Trinajstić information content (AvgIpc) is 2.83. The zero-order valence-electron chi connectivity index (χ0n) is 14.7. The standard InChI is InChI=1S/C18H23F2N5O/c1-14-16(12-25(22-14)15-6-3-2-4-7-15)21-18(26)24-9-5-8-23(10-11-24)13-17(19)20/h2-4,6-7,12,17H,5,8-11,13H2,1H3,(H,21,26). The van der Waals surface area contributed by atoms with Gasteiger partial charge in [-0.15, -0.1) is 0 Å². The molecule has 1 aromatic heterocycles. The van der Waals surface area contributed by atoms with Gasteiger partial charge < -0.3 is 10.2 Å². The number of nitrogens with zero attached hydrogens (tertiary/aromatic N) is 4. The van der Waals surface area contributed by atoms with E-state index in [0.29, 0.717) is 38.3 Å². The molecule has 1 fully saturated rings. The summed E-state index contributed by atoms with van der Waals surface area (Å²) >= 11 is 0. The van der Waals surface area contributed by atoms with Crippen LogP contribution < -0.4 is 5.32 Å². The van der Waals surface area contributed by atoms with Gasteiger partial charge in [-0.25, -0.2) is 18.3 Å². The van der Waals surface area contributed by atoms with Crippen molar-refractivity contribution in [2.45, 2.75) is 19.8 Å². The summed E-state index contributed by atoms with van der Waals surface area (Å²) in [7, 11) is 0. The number of aryl methyl sites for hydroxylation is 1. The van der Waals surface area contributed by atoms with Crippen molar-refractivity contribution in [3.63, 3.8) is 0 Å². The lowest BCUT2D eigenvalue weighted by atomic mass is 10.3. The molecule has 2 heterocycles. The number of nitrogens with one attached hydrogen (secondary N) is 1. The molecule has 140 valence electrons. The SMILES string of the molecule is Cc1nn(-c2ccccc2)cc1NC(=O)N1CCCN(CC(F)F)CC1. The van der Waals surface area contributed by atoms with E-state index >= 15 is 0 Å². The molecule has 2 aromatic rings. The quantitative estimate of drug-likeness (QED) is 0.909. The highest BCUT2D eigenvalue weighted by Gasteiger charge is 2.21. The summed E-state index contributed by atoms with van der Waals surface area (Å²) in [4.78, 5) is 15.9. The van der Waals surface area contributed by atoms with Crippen LogP contribution >= 0.6 is 0 Å². The molecule has 8 heteroatoms. The fourth-order valence-corrected chi connectivity index (χ4v) is 3.04. The third-order valence-corrected chi connectivity index (χ3v) is 4.43. The van der Waals surface area contributed by atoms with Crippen LogP contribution in [0.1, 0.15) is 12.1 Å². The lowest BCUT2D eigenvalue weighted by molar-refractivity contribution is 0.0905. The second kappa shape index (κ2) is 8.27. The first-order valence-electron chi connectivity index (χ1n) is 8.71. The summed E-state index contributed by atoms with van der Waals surface area (Å²) in [5.74, 6) is 0. The molecule has 0 saturated carbocycles. The lowest BCUT2D eigenvalue weighted by Crippen LogP contribution is -2.38. The summed E-state index contributed by atoms with van der Waals surface area (Å²) in [6.45, 7) is 3.63. The zero-order valence-corrected chi connectivity index (χ0v) is 14.7. The van der Waals surface area contributed by atoms with Gasteiger partial charge in [0.25, 0.3) is 6.43 Å². The Morgan fingerprint density at radius 3 is 2.69 bits per heavy atom. The smallest absolute Gasteiger partial charge is 0.321 e. The molecule has 1 aliphatic rings. The van der Waals surface area contributed by atoms with Gasteiger partial charge in [0.2, 0.25) is 0 Å². The van der Waals surface area contributed by atoms with Crippen molar-refractivity contribution in [3.8, 4) is 5.69 Å². The Bertz CT molecular complexity index is 734. The molecule has 3 rings (SSSR count). The van der Waals surface area contributed by atoms with Gasteiger partial charge in [0.05, 0.1) is 29.8 Å². The number of rotatable bonds is 4. The molecule has 0 unspecified atom stereocenters. The molecule has 1 aromatic carbocycles. The molecule has 0 radical (unpaired) electrons. The van der Waals surface area contributed by atoms with Crippen molar-refractivity contribution < 1.29 is 13.6 Å². The van der Waals surface area contributed by atoms with Crippen molar-refractivity contribution >= 4 is 11.7 Å². The lowest BCUT2D eigenvalue weighted by Gasteiger charge is -2.22. The van der Waals surface area contributed by atoms with Crippen LogP contribution in [0.5, 0.6) is 0 Å². The van der Waals surface area contributed by atoms with E-state index in [1.807, 2.05) is 37.3 Å². The summed E-state index contributed by atoms with van der Waals surface area (Å²) in [5.41, 5.74) is 2.28. The molecule has 26 heavy (non-hydrogen) atoms. The number of amides is 2. The van der Waals surface area contributed by atoms with E-state index in [1.54, 1.807) is 20.7 Å². The van der Waals surface area contributed by atoms with Gasteiger partial charge in [-0.05, 0) is 25.5 Å². The zero-order chi connectivity index (χ0) is 18.5. The molecule has 6 nitrogen and oxygen atoms in total. The second-order valence-electron chi connectivity index (χ2n) is 6.37. The summed E-state index contributed by atoms with van der Waals surface area (Å²) in [6, 6.07) is 9.42. The summed E-state index contributed by atoms with van der Waals surface area (Å²) in [6.07, 6.45) is 0.119. The number of carbonyl (C=O) groups is 1. The molecule has 0 bridgehead atoms. The van der Waals surface area contributed by atoms with Crippen LogP contribution in [0, 0.1) is 6.92 Å². The maximum Gasteiger partial charge on any atom is 0.321 e. The first kappa shape index (κ1) is 18.3. The van der Waals surface area contributed by atoms with E-state index in [0.717, 1.165) is 11.4 Å². The molecule has 1 saturated heterocycles. The summed E-state index contributed by atoms with van der Waals surface area (Å²) in [5, 5.41) is 7.32. The second-order valence-corrected chi connectivity index (χ2v) is 6.37. The number of urea groups is 1. The van der Waals surface area contributed by atoms with Gasteiger partial charge in [-0.3, -0.25) is 4.90 Å². The highest BCUT2D eigenvalue weighted by molar-refractivity contribution is 5.89. The normalized spacial score (nSPS) is 15.9. The summed E-state index contributed by atoms with van der Waals surface area (Å²) < 4.78 is 26.8. The molecule has 0 spiro atoms. The van der Waals surface area contributed by atoms with Crippen LogP contribution in [-0.2, 0) is 0 Å². The molecule has 0 atom stereocenters. The molecular formula is C18H23F2N5O. The number of halogens is 2. The monoisotopic (exact) mass is 363 g/mol. The van der Waals surface area contributed by atoms with Crippen molar-refractivity contribution in [2.75, 3.05) is 38.0 Å². The molecule has 2 amide bonds. The number of alkyl halides is 2. The number of carbonyl (C=O) groups excluding carboxylic acids is 1. The van der Waals surface area contributed by atoms with E-state index in [4.69, 9.17) is 0 Å². The van der Waals surface area contributed by atoms with Crippen molar-refractivity contribution in [2.24, 2.45) is 0 Å². The Hall–Kier alpha value is -2.48. The first-order valence-corrected chi connectivity index (χ1v) is 8.71. The van der Waals surface area contributed by atoms with Gasteiger partial charge in [-0.2, -0.15) is 5.10 Å². The highest BCUT2D eigenvalue weighted by Crippen LogP contribution is 2.17. The van der Waals surface area contributed by atoms with Gasteiger partial charge in [-0.1, -0.05) is 18.2 Å². The van der Waals surface area contributed by atoms with E-state index in [1.165, 1.54) is 0 Å². The molecule has 1 aliphatic heterocycles. The minimum absolute atomic E-state index is 0.223. The van der Waals surface area contributed by atoms with Crippen LogP contribution in [0.4, 0.5) is 19.3 Å². The molecule has 1 N–H and O–H groups in total. The number of anilines is 1. The largest absolute Gasteiger partial charge is 0.323 e. The van der Waals surface area contributed by atoms with Gasteiger partial charge in [0, 0.05) is 26.2 Å². The van der Waals surface area contributed by atoms with E-state index in [9.17, 15) is 13.6 Å². The van der Waals surface area contributed by atoms with Gasteiger partial charge in [0.1, 0.15) is 0 Å². The van der Waals surface area contributed by atoms with E-state index < -0.39 is 6.43 Å². The van der Waals surface area contributed by atoms with Crippen LogP contribution in [-0.4, -0.2) is 64.8 Å². The number of aromatic nitrogens is 2. The number of benzene rings is 1. The van der Waals surface area contributed by atoms with E-state index in [2.05, 4.69) is 10.4 Å². The molecule has 0 aliphatic carbocycles. The van der Waals surface area contributed by atoms with Crippen LogP contribution in [0.3, 0.4) is 0 Å². The Kier molecular flexibility index (Phi) is 5.82. The predicted octanol–water partition coefficient (Wildman–Crippen LogP) is 2.99. The maximum atomic E-state index is 12.6. The minimum Gasteiger partial charge on any atom is -0.323 e. The van der Waals surface area contributed by atoms with Crippen LogP contribution in [0.25, 0.3) is 5.69 Å². The predicted molar refractivity (Wildman–Crippen MR) is 96.0 cm³/mol. The van der Waals surface area contributed by atoms with Crippen LogP contribution in [0.2, 0.25) is 0 Å². The maximum absolute atomic E-state index is 12.6. The van der Waals surface area contributed by atoms with Crippen LogP contribution in [0.15, 0.2) is 36.5 Å². The number of hydrogen-bond donors (Lipinski definition) is 1. The van der Waals surface area contributed by atoms with Gasteiger partial charge >= 0.3 is 6.03 Å². The Morgan fingerprint density at radius 2 is 1.96 bits per heavy atom.